The Labute approximate surface area is 242 Å². The van der Waals surface area contributed by atoms with Gasteiger partial charge in [0.15, 0.2) is 18.4 Å². The topological polar surface area (TPSA) is 157 Å². The average molecular weight is 579 g/mol. The molecule has 0 radical (unpaired) electrons. The van der Waals surface area contributed by atoms with Crippen molar-refractivity contribution in [2.24, 2.45) is 7.05 Å². The normalized spacial score (nSPS) is 16.4. The summed E-state index contributed by atoms with van der Waals surface area (Å²) in [6.07, 6.45) is 5.60. The number of pyridine rings is 2. The lowest BCUT2D eigenvalue weighted by molar-refractivity contribution is 0.0323. The predicted molar refractivity (Wildman–Crippen MR) is 151 cm³/mol. The summed E-state index contributed by atoms with van der Waals surface area (Å²) >= 11 is 0. The van der Waals surface area contributed by atoms with Gasteiger partial charge in [0, 0.05) is 62.4 Å². The third kappa shape index (κ3) is 6.77. The Morgan fingerprint density at radius 3 is 2.81 bits per heavy atom. The first-order chi connectivity index (χ1) is 20.4. The number of hydrogen-bond acceptors (Lipinski definition) is 11. The van der Waals surface area contributed by atoms with Gasteiger partial charge in [-0.1, -0.05) is 6.07 Å². The van der Waals surface area contributed by atoms with Crippen LogP contribution in [-0.2, 0) is 45.9 Å². The molecule has 14 nitrogen and oxygen atoms in total. The van der Waals surface area contributed by atoms with Gasteiger partial charge in [-0.15, -0.1) is 0 Å². The van der Waals surface area contributed by atoms with Crippen molar-refractivity contribution in [3.63, 3.8) is 0 Å². The van der Waals surface area contributed by atoms with Crippen LogP contribution in [0.4, 0.5) is 21.2 Å². The van der Waals surface area contributed by atoms with Crippen molar-refractivity contribution in [3.05, 3.63) is 59.8 Å². The Hall–Kier alpha value is -4.72. The fraction of sp³-hybridized carbons (Fsp3) is 0.429. The lowest BCUT2D eigenvalue weighted by Crippen LogP contribution is -2.27. The van der Waals surface area contributed by atoms with Crippen LogP contribution >= 0.6 is 0 Å². The fourth-order valence-electron chi connectivity index (χ4n) is 5.14. The van der Waals surface area contributed by atoms with Gasteiger partial charge in [-0.2, -0.15) is 10.2 Å². The van der Waals surface area contributed by atoms with Crippen molar-refractivity contribution < 1.29 is 28.5 Å². The number of fused-ring (bicyclic) bond motifs is 1. The second-order valence-electron chi connectivity index (χ2n) is 9.85. The van der Waals surface area contributed by atoms with Crippen LogP contribution in [0, 0.1) is 0 Å². The van der Waals surface area contributed by atoms with E-state index in [2.05, 4.69) is 30.8 Å². The third-order valence-corrected chi connectivity index (χ3v) is 6.97. The molecule has 1 aliphatic carbocycles. The van der Waals surface area contributed by atoms with Crippen molar-refractivity contribution >= 4 is 34.8 Å². The second kappa shape index (κ2) is 13.3. The van der Waals surface area contributed by atoms with Gasteiger partial charge in [-0.3, -0.25) is 9.67 Å². The Balaban J connectivity index is 1.31. The smallest absolute Gasteiger partial charge is 0.446 e. The zero-order valence-electron chi connectivity index (χ0n) is 23.8. The molecule has 4 heterocycles. The predicted octanol–water partition coefficient (Wildman–Crippen LogP) is 4.14. The summed E-state index contributed by atoms with van der Waals surface area (Å²) in [5, 5.41) is 16.2. The number of hydrogen-bond donors (Lipinski definition) is 2. The summed E-state index contributed by atoms with van der Waals surface area (Å²) in [4.78, 5) is 32.9. The van der Waals surface area contributed by atoms with Crippen LogP contribution < -0.4 is 10.6 Å². The summed E-state index contributed by atoms with van der Waals surface area (Å²) in [6, 6.07) is 7.49. The van der Waals surface area contributed by atoms with E-state index in [1.165, 1.54) is 0 Å². The molecule has 0 saturated heterocycles. The summed E-state index contributed by atoms with van der Waals surface area (Å²) in [5.74, 6) is 1.11. The molecule has 0 aliphatic heterocycles. The number of alkyl carbamates (subject to hydrolysis) is 1. The van der Waals surface area contributed by atoms with Crippen molar-refractivity contribution in [1.29, 1.82) is 0 Å². The van der Waals surface area contributed by atoms with E-state index in [9.17, 15) is 9.59 Å². The highest BCUT2D eigenvalue weighted by atomic mass is 16.7. The van der Waals surface area contributed by atoms with Crippen LogP contribution in [0.2, 0.25) is 0 Å². The van der Waals surface area contributed by atoms with Crippen LogP contribution in [0.1, 0.15) is 49.1 Å². The number of aryl methyl sites for hydroxylation is 1. The van der Waals surface area contributed by atoms with Gasteiger partial charge in [0.2, 0.25) is 0 Å². The van der Waals surface area contributed by atoms with Crippen molar-refractivity contribution in [2.75, 3.05) is 19.0 Å². The molecule has 1 fully saturated rings. The quantitative estimate of drug-likeness (QED) is 0.247. The summed E-state index contributed by atoms with van der Waals surface area (Å²) in [7, 11) is 3.47. The van der Waals surface area contributed by atoms with Gasteiger partial charge in [-0.05, 0) is 43.9 Å². The summed E-state index contributed by atoms with van der Waals surface area (Å²) in [5.41, 5.74) is 3.32. The summed E-state index contributed by atoms with van der Waals surface area (Å²) in [6.45, 7) is 2.48. The highest BCUT2D eigenvalue weighted by Crippen LogP contribution is 2.37. The Morgan fingerprint density at radius 1 is 1.14 bits per heavy atom. The number of nitrogens with one attached hydrogen (secondary N) is 2. The molecule has 1 amide bonds. The molecule has 0 bridgehead atoms. The number of rotatable bonds is 11. The van der Waals surface area contributed by atoms with Crippen LogP contribution in [-0.4, -0.2) is 61.6 Å². The lowest BCUT2D eigenvalue weighted by atomic mass is 10.0. The molecule has 1 saturated carbocycles. The monoisotopic (exact) mass is 578 g/mol. The maximum atomic E-state index is 12.4. The van der Waals surface area contributed by atoms with Crippen LogP contribution in [0.5, 0.6) is 0 Å². The first-order valence-electron chi connectivity index (χ1n) is 13.7. The molecule has 222 valence electrons. The van der Waals surface area contributed by atoms with E-state index in [0.717, 1.165) is 34.3 Å². The first-order valence-corrected chi connectivity index (χ1v) is 13.7. The molecule has 2 atom stereocenters. The van der Waals surface area contributed by atoms with Crippen molar-refractivity contribution in [1.82, 2.24) is 34.8 Å². The highest BCUT2D eigenvalue weighted by molar-refractivity contribution is 5.91. The number of methoxy groups -OCH3 is 1. The maximum absolute atomic E-state index is 12.4. The van der Waals surface area contributed by atoms with Gasteiger partial charge in [0.05, 0.1) is 18.9 Å². The van der Waals surface area contributed by atoms with Gasteiger partial charge < -0.3 is 29.6 Å². The molecular weight excluding hydrogens is 544 g/mol. The summed E-state index contributed by atoms with van der Waals surface area (Å²) < 4.78 is 24.5. The number of ether oxygens (including phenoxy) is 4. The molecular formula is C28H34N8O6. The van der Waals surface area contributed by atoms with E-state index < -0.39 is 12.2 Å². The molecule has 14 heteroatoms. The molecule has 5 rings (SSSR count). The highest BCUT2D eigenvalue weighted by Gasteiger charge is 2.32. The lowest BCUT2D eigenvalue weighted by Gasteiger charge is -2.15. The minimum Gasteiger partial charge on any atom is -0.446 e. The van der Waals surface area contributed by atoms with Crippen LogP contribution in [0.25, 0.3) is 10.9 Å². The molecule has 42 heavy (non-hydrogen) atoms. The molecule has 1 aliphatic rings. The molecule has 4 aromatic rings. The van der Waals surface area contributed by atoms with Crippen molar-refractivity contribution in [2.45, 2.75) is 58.1 Å². The first kappa shape index (κ1) is 28.8. The third-order valence-electron chi connectivity index (χ3n) is 6.97. The minimum atomic E-state index is -0.779. The number of carbonyl (C=O) groups excluding carboxylic acids is 2. The molecule has 2 N–H and O–H groups in total. The van der Waals surface area contributed by atoms with E-state index in [-0.39, 0.29) is 25.4 Å². The number of nitrogens with zero attached hydrogens (tertiary/aromatic N) is 6. The largest absolute Gasteiger partial charge is 0.510 e. The second-order valence-corrected chi connectivity index (χ2v) is 9.85. The molecule has 4 aromatic heterocycles. The van der Waals surface area contributed by atoms with E-state index in [1.807, 2.05) is 31.3 Å². The van der Waals surface area contributed by atoms with Gasteiger partial charge in [0.25, 0.3) is 0 Å². The average Bonchev–Trinajstić information content (AvgIpc) is 3.69. The number of anilines is 2. The van der Waals surface area contributed by atoms with Crippen LogP contribution in [0.3, 0.4) is 0 Å². The van der Waals surface area contributed by atoms with Gasteiger partial charge in [-0.25, -0.2) is 19.3 Å². The maximum Gasteiger partial charge on any atom is 0.510 e. The number of amides is 1. The van der Waals surface area contributed by atoms with Crippen molar-refractivity contribution in [3.8, 4) is 0 Å². The number of carbonyl (C=O) groups is 2. The zero-order valence-corrected chi connectivity index (χ0v) is 23.8. The number of aromatic nitrogens is 6. The van der Waals surface area contributed by atoms with E-state index in [4.69, 9.17) is 18.9 Å². The van der Waals surface area contributed by atoms with E-state index in [1.54, 1.807) is 42.0 Å². The standard InChI is InChI=1S/C28H34N8O6/c1-4-40-28(38)41-17-36-23(19-7-8-20(12-19)42-27(37)31-15-18-6-5-10-29-14-18)13-24(34-36)32-26-25-21(9-11-30-26)22(16-39-3)33-35(25)2/h5-6,9-11,13-14,19-20H,4,7-8,12,15-17H2,1-3H3,(H,31,37)(H,30,32,34). The van der Waals surface area contributed by atoms with Gasteiger partial charge in [0.1, 0.15) is 11.6 Å². The Morgan fingerprint density at radius 2 is 2.02 bits per heavy atom. The molecule has 0 aromatic carbocycles. The SMILES string of the molecule is CCOC(=O)OCn1nc(Nc2nccc3c(COC)nn(C)c23)cc1C1CCC(OC(=O)NCc2cccnc2)C1. The Bertz CT molecular complexity index is 1520. The molecule has 0 spiro atoms. The Kier molecular flexibility index (Phi) is 9.12. The van der Waals surface area contributed by atoms with Gasteiger partial charge >= 0.3 is 12.2 Å². The van der Waals surface area contributed by atoms with Crippen LogP contribution in [0.15, 0.2) is 42.9 Å². The fourth-order valence-corrected chi connectivity index (χ4v) is 5.14. The van der Waals surface area contributed by atoms with E-state index >= 15 is 0 Å². The zero-order chi connectivity index (χ0) is 29.5. The van der Waals surface area contributed by atoms with E-state index in [0.29, 0.717) is 37.6 Å². The minimum absolute atomic E-state index is 0.0173. The molecule has 2 unspecified atom stereocenters.